The second-order valence-corrected chi connectivity index (χ2v) is 4.16. The Bertz CT molecular complexity index is 517. The van der Waals surface area contributed by atoms with Crippen LogP contribution in [0.4, 0.5) is 5.82 Å². The molecule has 0 bridgehead atoms. The molecule has 0 saturated carbocycles. The van der Waals surface area contributed by atoms with Gasteiger partial charge in [-0.3, -0.25) is 0 Å². The molecule has 4 N–H and O–H groups in total. The third kappa shape index (κ3) is 1.52. The number of benzene rings is 1. The van der Waals surface area contributed by atoms with Crippen molar-refractivity contribution in [2.45, 2.75) is 20.8 Å². The minimum atomic E-state index is 0.495. The number of aryl methyl sites for hydroxylation is 3. The van der Waals surface area contributed by atoms with Crippen molar-refractivity contribution in [1.29, 1.82) is 0 Å². The highest BCUT2D eigenvalue weighted by Crippen LogP contribution is 2.30. The Morgan fingerprint density at radius 1 is 1.12 bits per heavy atom. The molecule has 0 fully saturated rings. The maximum Gasteiger partial charge on any atom is 0.150 e. The van der Waals surface area contributed by atoms with Crippen molar-refractivity contribution >= 4 is 5.82 Å². The van der Waals surface area contributed by atoms with Gasteiger partial charge in [-0.2, -0.15) is 0 Å². The fourth-order valence-corrected chi connectivity index (χ4v) is 2.12. The van der Waals surface area contributed by atoms with E-state index in [1.165, 1.54) is 27.7 Å². The summed E-state index contributed by atoms with van der Waals surface area (Å²) in [5.74, 6) is 6.13. The normalized spacial score (nSPS) is 10.7. The lowest BCUT2D eigenvalue weighted by molar-refractivity contribution is 1.01. The highest BCUT2D eigenvalue weighted by Gasteiger charge is 2.13. The molecule has 0 radical (unpaired) electrons. The van der Waals surface area contributed by atoms with Gasteiger partial charge >= 0.3 is 0 Å². The number of nitrogen functional groups attached to an aromatic ring is 2. The van der Waals surface area contributed by atoms with Crippen LogP contribution in [0.3, 0.4) is 0 Å². The Kier molecular flexibility index (Phi) is 2.34. The average molecular weight is 216 g/mol. The number of rotatable bonds is 1. The topological polar surface area (TPSA) is 69.9 Å². The first-order chi connectivity index (χ1) is 7.50. The summed E-state index contributed by atoms with van der Waals surface area (Å²) in [4.78, 5) is 4.25. The summed E-state index contributed by atoms with van der Waals surface area (Å²) < 4.78 is 1.34. The van der Waals surface area contributed by atoms with Gasteiger partial charge in [0.25, 0.3) is 0 Å². The van der Waals surface area contributed by atoms with E-state index in [1.807, 2.05) is 0 Å². The van der Waals surface area contributed by atoms with Gasteiger partial charge in [0.2, 0.25) is 0 Å². The molecule has 1 aromatic carbocycles. The van der Waals surface area contributed by atoms with Crippen LogP contribution in [0.2, 0.25) is 0 Å². The molecule has 0 spiro atoms. The molecule has 1 aromatic heterocycles. The molecular formula is C12H16N4. The largest absolute Gasteiger partial charge is 0.382 e. The second-order valence-electron chi connectivity index (χ2n) is 4.16. The van der Waals surface area contributed by atoms with E-state index in [1.54, 1.807) is 0 Å². The van der Waals surface area contributed by atoms with E-state index >= 15 is 0 Å². The molecule has 84 valence electrons. The second kappa shape index (κ2) is 3.56. The summed E-state index contributed by atoms with van der Waals surface area (Å²) >= 11 is 0. The summed E-state index contributed by atoms with van der Waals surface area (Å²) in [6, 6.07) is 4.24. The van der Waals surface area contributed by atoms with Gasteiger partial charge in [0.05, 0.1) is 0 Å². The van der Waals surface area contributed by atoms with Crippen molar-refractivity contribution in [3.05, 3.63) is 35.2 Å². The van der Waals surface area contributed by atoms with Crippen LogP contribution in [-0.4, -0.2) is 9.66 Å². The van der Waals surface area contributed by atoms with E-state index in [9.17, 15) is 0 Å². The van der Waals surface area contributed by atoms with Gasteiger partial charge in [-0.1, -0.05) is 17.7 Å². The molecule has 4 heteroatoms. The Morgan fingerprint density at radius 3 is 2.12 bits per heavy atom. The molecule has 0 aliphatic rings. The van der Waals surface area contributed by atoms with Gasteiger partial charge < -0.3 is 11.6 Å². The minimum Gasteiger partial charge on any atom is -0.382 e. The van der Waals surface area contributed by atoms with Crippen LogP contribution >= 0.6 is 0 Å². The fourth-order valence-electron chi connectivity index (χ4n) is 2.12. The van der Waals surface area contributed by atoms with Gasteiger partial charge in [0.15, 0.2) is 5.82 Å². The van der Waals surface area contributed by atoms with Crippen molar-refractivity contribution in [3.8, 4) is 11.3 Å². The number of aromatic nitrogens is 2. The lowest BCUT2D eigenvalue weighted by Gasteiger charge is -2.10. The maximum atomic E-state index is 5.89. The molecular weight excluding hydrogens is 200 g/mol. The molecule has 0 amide bonds. The van der Waals surface area contributed by atoms with Gasteiger partial charge in [0.1, 0.15) is 12.0 Å². The number of imidazole rings is 1. The lowest BCUT2D eigenvalue weighted by atomic mass is 9.97. The van der Waals surface area contributed by atoms with Crippen LogP contribution in [0.15, 0.2) is 18.5 Å². The highest BCUT2D eigenvalue weighted by molar-refractivity contribution is 5.76. The van der Waals surface area contributed by atoms with Gasteiger partial charge in [-0.25, -0.2) is 9.66 Å². The monoisotopic (exact) mass is 216 g/mol. The van der Waals surface area contributed by atoms with Crippen molar-refractivity contribution in [2.24, 2.45) is 0 Å². The molecule has 0 aliphatic heterocycles. The zero-order valence-corrected chi connectivity index (χ0v) is 9.78. The van der Waals surface area contributed by atoms with Crippen molar-refractivity contribution in [3.63, 3.8) is 0 Å². The quantitative estimate of drug-likeness (QED) is 0.714. The molecule has 4 nitrogen and oxygen atoms in total. The van der Waals surface area contributed by atoms with E-state index in [2.05, 4.69) is 37.9 Å². The van der Waals surface area contributed by atoms with E-state index in [0.717, 1.165) is 11.3 Å². The number of nitrogens with zero attached hydrogens (tertiary/aromatic N) is 2. The lowest BCUT2D eigenvalue weighted by Crippen LogP contribution is -2.10. The van der Waals surface area contributed by atoms with Crippen LogP contribution in [0, 0.1) is 20.8 Å². The van der Waals surface area contributed by atoms with Crippen LogP contribution < -0.4 is 11.6 Å². The Labute approximate surface area is 94.9 Å². The predicted octanol–water partition coefficient (Wildman–Crippen LogP) is 1.77. The number of hydrogen-bond donors (Lipinski definition) is 2. The minimum absolute atomic E-state index is 0.495. The summed E-state index contributed by atoms with van der Waals surface area (Å²) in [6.45, 7) is 6.20. The first-order valence-electron chi connectivity index (χ1n) is 5.17. The first-order valence-corrected chi connectivity index (χ1v) is 5.17. The standard InChI is InChI=1S/C12H16N4/c1-7-4-8(2)10(9(3)5-7)11-12(13)16(14)6-15-11/h4-6H,13-14H2,1-3H3. The van der Waals surface area contributed by atoms with Crippen molar-refractivity contribution < 1.29 is 0 Å². The van der Waals surface area contributed by atoms with Crippen molar-refractivity contribution in [2.75, 3.05) is 11.6 Å². The smallest absolute Gasteiger partial charge is 0.150 e. The Hall–Kier alpha value is -1.97. The van der Waals surface area contributed by atoms with E-state index in [0.29, 0.717) is 5.82 Å². The molecule has 2 aromatic rings. The molecule has 2 rings (SSSR count). The van der Waals surface area contributed by atoms with Crippen LogP contribution in [0.25, 0.3) is 11.3 Å². The molecule has 0 saturated heterocycles. The maximum absolute atomic E-state index is 5.89. The third-order valence-corrected chi connectivity index (χ3v) is 2.75. The van der Waals surface area contributed by atoms with Crippen molar-refractivity contribution in [1.82, 2.24) is 9.66 Å². The van der Waals surface area contributed by atoms with Crippen LogP contribution in [0.5, 0.6) is 0 Å². The average Bonchev–Trinajstić information content (AvgIpc) is 2.48. The fraction of sp³-hybridized carbons (Fsp3) is 0.250. The Balaban J connectivity index is 2.69. The van der Waals surface area contributed by atoms with Gasteiger partial charge in [-0.05, 0) is 31.9 Å². The van der Waals surface area contributed by atoms with Gasteiger partial charge in [0, 0.05) is 5.56 Å². The summed E-state index contributed by atoms with van der Waals surface area (Å²) in [5.41, 5.74) is 11.3. The number of anilines is 1. The zero-order chi connectivity index (χ0) is 11.9. The van der Waals surface area contributed by atoms with E-state index in [-0.39, 0.29) is 0 Å². The number of hydrogen-bond acceptors (Lipinski definition) is 3. The van der Waals surface area contributed by atoms with Gasteiger partial charge in [-0.15, -0.1) is 0 Å². The molecule has 0 unspecified atom stereocenters. The third-order valence-electron chi connectivity index (χ3n) is 2.75. The molecule has 0 atom stereocenters. The summed E-state index contributed by atoms with van der Waals surface area (Å²) in [5, 5.41) is 0. The highest BCUT2D eigenvalue weighted by atomic mass is 15.3. The zero-order valence-electron chi connectivity index (χ0n) is 9.78. The SMILES string of the molecule is Cc1cc(C)c(-c2ncn(N)c2N)c(C)c1. The molecule has 1 heterocycles. The molecule has 16 heavy (non-hydrogen) atoms. The number of nitrogens with two attached hydrogens (primary N) is 2. The summed E-state index contributed by atoms with van der Waals surface area (Å²) in [6.07, 6.45) is 1.53. The predicted molar refractivity (Wildman–Crippen MR) is 66.4 cm³/mol. The van der Waals surface area contributed by atoms with E-state index in [4.69, 9.17) is 11.6 Å². The Morgan fingerprint density at radius 2 is 1.69 bits per heavy atom. The van der Waals surface area contributed by atoms with Crippen LogP contribution in [0.1, 0.15) is 16.7 Å². The van der Waals surface area contributed by atoms with Crippen LogP contribution in [-0.2, 0) is 0 Å². The first kappa shape index (κ1) is 10.5. The summed E-state index contributed by atoms with van der Waals surface area (Å²) in [7, 11) is 0. The van der Waals surface area contributed by atoms with E-state index < -0.39 is 0 Å². The molecule has 0 aliphatic carbocycles.